The van der Waals surface area contributed by atoms with Gasteiger partial charge in [-0.15, -0.1) is 0 Å². The third-order valence-electron chi connectivity index (χ3n) is 3.61. The molecule has 17 heavy (non-hydrogen) atoms. The highest BCUT2D eigenvalue weighted by atomic mass is 16.5. The Balaban J connectivity index is 2.39. The topological polar surface area (TPSA) is 26.3 Å². The van der Waals surface area contributed by atoms with Crippen LogP contribution in [-0.2, 0) is 0 Å². The number of rotatable bonds is 3. The van der Waals surface area contributed by atoms with Gasteiger partial charge in [-0.05, 0) is 43.9 Å². The first kappa shape index (κ1) is 12.2. The molecule has 1 aromatic carbocycles. The van der Waals surface area contributed by atoms with E-state index in [2.05, 4.69) is 6.07 Å². The maximum Gasteiger partial charge on any atom is 0.169 e. The van der Waals surface area contributed by atoms with Crippen molar-refractivity contribution in [3.8, 4) is 5.75 Å². The molecule has 2 nitrogen and oxygen atoms in total. The molecule has 1 aromatic rings. The van der Waals surface area contributed by atoms with Crippen LogP contribution in [0.4, 0.5) is 0 Å². The number of hydrogen-bond donors (Lipinski definition) is 0. The lowest BCUT2D eigenvalue weighted by Gasteiger charge is -2.14. The lowest BCUT2D eigenvalue weighted by atomic mass is 9.93. The van der Waals surface area contributed by atoms with Crippen molar-refractivity contribution in [2.75, 3.05) is 7.11 Å². The van der Waals surface area contributed by atoms with Crippen molar-refractivity contribution >= 4 is 5.78 Å². The Kier molecular flexibility index (Phi) is 3.51. The van der Waals surface area contributed by atoms with Crippen LogP contribution in [-0.4, -0.2) is 12.9 Å². The summed E-state index contributed by atoms with van der Waals surface area (Å²) in [6, 6.07) is 4.02. The molecule has 1 aliphatic carbocycles. The molecule has 1 aliphatic rings. The fourth-order valence-corrected chi connectivity index (χ4v) is 2.82. The minimum absolute atomic E-state index is 0.213. The van der Waals surface area contributed by atoms with Crippen LogP contribution >= 0.6 is 0 Å². The van der Waals surface area contributed by atoms with Crippen molar-refractivity contribution < 1.29 is 9.53 Å². The van der Waals surface area contributed by atoms with Crippen molar-refractivity contribution in [1.29, 1.82) is 0 Å². The summed E-state index contributed by atoms with van der Waals surface area (Å²) in [4.78, 5) is 12.5. The number of methoxy groups -OCH3 is 1. The van der Waals surface area contributed by atoms with E-state index < -0.39 is 0 Å². The number of ketones is 1. The smallest absolute Gasteiger partial charge is 0.169 e. The molecule has 0 amide bonds. The number of carbonyl (C=O) groups excluding carboxylic acids is 1. The van der Waals surface area contributed by atoms with E-state index in [1.54, 1.807) is 7.11 Å². The van der Waals surface area contributed by atoms with Gasteiger partial charge in [0.05, 0.1) is 12.7 Å². The maximum atomic E-state index is 12.5. The summed E-state index contributed by atoms with van der Waals surface area (Å²) in [5.41, 5.74) is 2.95. The summed E-state index contributed by atoms with van der Waals surface area (Å²) in [7, 11) is 1.64. The first-order chi connectivity index (χ1) is 8.13. The molecular formula is C15H20O2. The normalized spacial score (nSPS) is 16.2. The van der Waals surface area contributed by atoms with Gasteiger partial charge >= 0.3 is 0 Å². The lowest BCUT2D eigenvalue weighted by Crippen LogP contribution is -2.13. The van der Waals surface area contributed by atoms with E-state index in [9.17, 15) is 4.79 Å². The van der Waals surface area contributed by atoms with E-state index in [-0.39, 0.29) is 11.7 Å². The largest absolute Gasteiger partial charge is 0.496 e. The van der Waals surface area contributed by atoms with Crippen LogP contribution in [0.25, 0.3) is 0 Å². The van der Waals surface area contributed by atoms with Crippen LogP contribution in [0.1, 0.15) is 47.2 Å². The molecule has 0 N–H and O–H groups in total. The number of carbonyl (C=O) groups is 1. The average molecular weight is 232 g/mol. The quantitative estimate of drug-likeness (QED) is 0.743. The number of ether oxygens (including phenoxy) is 1. The third-order valence-corrected chi connectivity index (χ3v) is 3.61. The molecule has 0 bridgehead atoms. The van der Waals surface area contributed by atoms with E-state index in [1.807, 2.05) is 19.9 Å². The number of aryl methyl sites for hydroxylation is 2. The van der Waals surface area contributed by atoms with Crippen molar-refractivity contribution in [2.24, 2.45) is 5.92 Å². The van der Waals surface area contributed by atoms with Crippen molar-refractivity contribution in [2.45, 2.75) is 39.5 Å². The minimum Gasteiger partial charge on any atom is -0.496 e. The maximum absolute atomic E-state index is 12.5. The number of hydrogen-bond acceptors (Lipinski definition) is 2. The van der Waals surface area contributed by atoms with Gasteiger partial charge in [0, 0.05) is 5.92 Å². The Morgan fingerprint density at radius 2 is 1.88 bits per heavy atom. The van der Waals surface area contributed by atoms with Gasteiger partial charge in [0.2, 0.25) is 0 Å². The zero-order valence-corrected chi connectivity index (χ0v) is 10.9. The first-order valence-electron chi connectivity index (χ1n) is 6.33. The summed E-state index contributed by atoms with van der Waals surface area (Å²) in [6.07, 6.45) is 4.44. The van der Waals surface area contributed by atoms with Gasteiger partial charge in [-0.2, -0.15) is 0 Å². The van der Waals surface area contributed by atoms with Gasteiger partial charge in [0.1, 0.15) is 5.75 Å². The van der Waals surface area contributed by atoms with Gasteiger partial charge in [-0.1, -0.05) is 18.9 Å². The number of Topliss-reactive ketones (excluding diaryl/α,β-unsaturated/α-hetero) is 1. The molecule has 0 atom stereocenters. The van der Waals surface area contributed by atoms with Crippen LogP contribution in [0, 0.1) is 19.8 Å². The molecule has 0 spiro atoms. The Morgan fingerprint density at radius 3 is 2.47 bits per heavy atom. The van der Waals surface area contributed by atoms with Gasteiger partial charge in [0.15, 0.2) is 5.78 Å². The standard InChI is InChI=1S/C15H20O2/c1-10-8-11(2)15(17-3)13(9-10)14(16)12-6-4-5-7-12/h8-9,12H,4-7H2,1-3H3. The zero-order valence-electron chi connectivity index (χ0n) is 10.9. The van der Waals surface area contributed by atoms with Crippen molar-refractivity contribution in [3.05, 3.63) is 28.8 Å². The molecule has 0 unspecified atom stereocenters. The van der Waals surface area contributed by atoms with Gasteiger partial charge in [0.25, 0.3) is 0 Å². The van der Waals surface area contributed by atoms with Gasteiger partial charge in [-0.3, -0.25) is 4.79 Å². The molecule has 0 radical (unpaired) electrons. The van der Waals surface area contributed by atoms with E-state index in [0.717, 1.165) is 35.3 Å². The molecule has 0 aromatic heterocycles. The second-order valence-corrected chi connectivity index (χ2v) is 5.01. The monoisotopic (exact) mass is 232 g/mol. The number of benzene rings is 1. The predicted molar refractivity (Wildman–Crippen MR) is 68.8 cm³/mol. The van der Waals surface area contributed by atoms with Crippen LogP contribution < -0.4 is 4.74 Å². The summed E-state index contributed by atoms with van der Waals surface area (Å²) in [5, 5.41) is 0. The first-order valence-corrected chi connectivity index (χ1v) is 6.33. The zero-order chi connectivity index (χ0) is 12.4. The van der Waals surface area contributed by atoms with Crippen LogP contribution in [0.2, 0.25) is 0 Å². The Labute approximate surface area is 103 Å². The fourth-order valence-electron chi connectivity index (χ4n) is 2.82. The Bertz CT molecular complexity index is 429. The molecule has 0 saturated heterocycles. The molecule has 2 heteroatoms. The van der Waals surface area contributed by atoms with Crippen molar-refractivity contribution in [3.63, 3.8) is 0 Å². The summed E-state index contributed by atoms with van der Waals surface area (Å²) >= 11 is 0. The molecule has 2 rings (SSSR count). The van der Waals surface area contributed by atoms with Crippen LogP contribution in [0.5, 0.6) is 5.75 Å². The summed E-state index contributed by atoms with van der Waals surface area (Å²) < 4.78 is 5.39. The Hall–Kier alpha value is -1.31. The molecule has 1 saturated carbocycles. The predicted octanol–water partition coefficient (Wildman–Crippen LogP) is 3.68. The van der Waals surface area contributed by atoms with Crippen LogP contribution in [0.3, 0.4) is 0 Å². The lowest BCUT2D eigenvalue weighted by molar-refractivity contribution is 0.0919. The highest BCUT2D eigenvalue weighted by Crippen LogP contribution is 2.33. The van der Waals surface area contributed by atoms with E-state index in [0.29, 0.717) is 0 Å². The molecular weight excluding hydrogens is 212 g/mol. The second kappa shape index (κ2) is 4.91. The third kappa shape index (κ3) is 2.36. The molecule has 0 aliphatic heterocycles. The minimum atomic E-state index is 0.213. The van der Waals surface area contributed by atoms with Gasteiger partial charge in [-0.25, -0.2) is 0 Å². The highest BCUT2D eigenvalue weighted by molar-refractivity contribution is 6.01. The second-order valence-electron chi connectivity index (χ2n) is 5.01. The highest BCUT2D eigenvalue weighted by Gasteiger charge is 2.26. The molecule has 0 heterocycles. The SMILES string of the molecule is COc1c(C)cc(C)cc1C(=O)C1CCCC1. The molecule has 92 valence electrons. The van der Waals surface area contributed by atoms with Crippen molar-refractivity contribution in [1.82, 2.24) is 0 Å². The van der Waals surface area contributed by atoms with Crippen LogP contribution in [0.15, 0.2) is 12.1 Å². The Morgan fingerprint density at radius 1 is 1.24 bits per heavy atom. The average Bonchev–Trinajstić information content (AvgIpc) is 2.80. The molecule has 1 fully saturated rings. The summed E-state index contributed by atoms with van der Waals surface area (Å²) in [6.45, 7) is 4.02. The summed E-state index contributed by atoms with van der Waals surface area (Å²) in [5.74, 6) is 1.24. The van der Waals surface area contributed by atoms with Gasteiger partial charge < -0.3 is 4.74 Å². The van der Waals surface area contributed by atoms with E-state index in [1.165, 1.54) is 12.8 Å². The van der Waals surface area contributed by atoms with E-state index >= 15 is 0 Å². The fraction of sp³-hybridized carbons (Fsp3) is 0.533. The van der Waals surface area contributed by atoms with E-state index in [4.69, 9.17) is 4.74 Å².